The summed E-state index contributed by atoms with van der Waals surface area (Å²) >= 11 is 7.46. The van der Waals surface area contributed by atoms with Crippen molar-refractivity contribution in [1.82, 2.24) is 10.3 Å². The van der Waals surface area contributed by atoms with Crippen LogP contribution in [0, 0.1) is 5.82 Å². The molecule has 0 radical (unpaired) electrons. The molecule has 0 fully saturated rings. The van der Waals surface area contributed by atoms with Crippen LogP contribution < -0.4 is 5.32 Å². The molecule has 0 unspecified atom stereocenters. The van der Waals surface area contributed by atoms with E-state index in [0.717, 1.165) is 30.1 Å². The number of rotatable bonds is 6. The van der Waals surface area contributed by atoms with Crippen LogP contribution in [0.4, 0.5) is 4.39 Å². The van der Waals surface area contributed by atoms with E-state index in [4.69, 9.17) is 11.6 Å². The summed E-state index contributed by atoms with van der Waals surface area (Å²) in [4.78, 5) is 5.90. The average Bonchev–Trinajstić information content (AvgIpc) is 2.78. The van der Waals surface area contributed by atoms with Gasteiger partial charge >= 0.3 is 0 Å². The van der Waals surface area contributed by atoms with Crippen LogP contribution in [0.25, 0.3) is 0 Å². The fourth-order valence-electron chi connectivity index (χ4n) is 2.09. The monoisotopic (exact) mass is 312 g/mol. The second kappa shape index (κ2) is 7.16. The molecule has 1 heterocycles. The molecule has 0 aliphatic rings. The molecule has 1 N–H and O–H groups in total. The van der Waals surface area contributed by atoms with Crippen LogP contribution in [0.1, 0.15) is 34.5 Å². The molecule has 0 saturated heterocycles. The molecular weight excluding hydrogens is 295 g/mol. The Morgan fingerprint density at radius 3 is 2.90 bits per heavy atom. The highest BCUT2D eigenvalue weighted by Gasteiger charge is 2.13. The summed E-state index contributed by atoms with van der Waals surface area (Å²) in [5.41, 5.74) is 1.73. The first-order valence-electron chi connectivity index (χ1n) is 6.70. The topological polar surface area (TPSA) is 24.9 Å². The molecule has 0 saturated carbocycles. The third-order valence-corrected chi connectivity index (χ3v) is 4.41. The first kappa shape index (κ1) is 15.4. The van der Waals surface area contributed by atoms with Gasteiger partial charge in [-0.15, -0.1) is 11.3 Å². The maximum absolute atomic E-state index is 13.9. The third kappa shape index (κ3) is 3.57. The number of hydrogen-bond donors (Lipinski definition) is 1. The number of nitrogens with one attached hydrogen (secondary N) is 1. The smallest absolute Gasteiger partial charge is 0.145 e. The van der Waals surface area contributed by atoms with E-state index in [2.05, 4.69) is 17.2 Å². The fraction of sp³-hybridized carbons (Fsp3) is 0.400. The molecule has 0 aliphatic carbocycles. The highest BCUT2D eigenvalue weighted by atomic mass is 35.5. The molecule has 0 spiro atoms. The molecule has 1 aromatic heterocycles. The molecule has 2 nitrogen and oxygen atoms in total. The highest BCUT2D eigenvalue weighted by molar-refractivity contribution is 7.11. The minimum Gasteiger partial charge on any atom is -0.315 e. The number of nitrogens with zero attached hydrogens (tertiary/aromatic N) is 1. The zero-order valence-electron chi connectivity index (χ0n) is 11.7. The first-order chi connectivity index (χ1) is 9.65. The number of benzene rings is 1. The number of hydrogen-bond acceptors (Lipinski definition) is 3. The molecule has 0 bridgehead atoms. The summed E-state index contributed by atoms with van der Waals surface area (Å²) in [7, 11) is 1.92. The first-order valence-corrected chi connectivity index (χ1v) is 7.90. The van der Waals surface area contributed by atoms with Crippen LogP contribution in [-0.2, 0) is 19.4 Å². The van der Waals surface area contributed by atoms with Gasteiger partial charge in [-0.1, -0.05) is 37.1 Å². The van der Waals surface area contributed by atoms with Gasteiger partial charge in [0.1, 0.15) is 5.82 Å². The van der Waals surface area contributed by atoms with E-state index in [9.17, 15) is 4.39 Å². The van der Waals surface area contributed by atoms with Gasteiger partial charge in [0.05, 0.1) is 15.7 Å². The van der Waals surface area contributed by atoms with Crippen molar-refractivity contribution in [3.63, 3.8) is 0 Å². The van der Waals surface area contributed by atoms with Gasteiger partial charge < -0.3 is 5.32 Å². The van der Waals surface area contributed by atoms with E-state index in [1.165, 1.54) is 4.88 Å². The molecule has 2 aromatic rings. The van der Waals surface area contributed by atoms with Gasteiger partial charge in [0.15, 0.2) is 0 Å². The predicted octanol–water partition coefficient (Wildman–Crippen LogP) is 4.20. The molecule has 0 aliphatic heterocycles. The molecule has 2 rings (SSSR count). The van der Waals surface area contributed by atoms with Crippen LogP contribution in [0.5, 0.6) is 0 Å². The van der Waals surface area contributed by atoms with Gasteiger partial charge in [-0.2, -0.15) is 0 Å². The van der Waals surface area contributed by atoms with Gasteiger partial charge in [0.25, 0.3) is 0 Å². The van der Waals surface area contributed by atoms with Gasteiger partial charge in [0.2, 0.25) is 0 Å². The van der Waals surface area contributed by atoms with Gasteiger partial charge in [-0.3, -0.25) is 0 Å². The lowest BCUT2D eigenvalue weighted by molar-refractivity contribution is 0.614. The third-order valence-electron chi connectivity index (χ3n) is 3.02. The molecule has 0 atom stereocenters. The summed E-state index contributed by atoms with van der Waals surface area (Å²) < 4.78 is 13.9. The Hall–Kier alpha value is -0.970. The lowest BCUT2D eigenvalue weighted by Crippen LogP contribution is -2.05. The molecular formula is C15H18ClFN2S. The largest absolute Gasteiger partial charge is 0.315 e. The molecule has 5 heteroatoms. The summed E-state index contributed by atoms with van der Waals surface area (Å²) in [5, 5.41) is 4.27. The fourth-order valence-corrected chi connectivity index (χ4v) is 3.44. The maximum Gasteiger partial charge on any atom is 0.145 e. The highest BCUT2D eigenvalue weighted by Crippen LogP contribution is 2.25. The molecule has 108 valence electrons. The van der Waals surface area contributed by atoms with Crippen molar-refractivity contribution in [2.75, 3.05) is 7.05 Å². The second-order valence-corrected chi connectivity index (χ2v) is 6.22. The Balaban J connectivity index is 2.24. The van der Waals surface area contributed by atoms with Crippen molar-refractivity contribution in [2.24, 2.45) is 0 Å². The van der Waals surface area contributed by atoms with Gasteiger partial charge in [-0.05, 0) is 25.1 Å². The van der Waals surface area contributed by atoms with E-state index in [1.807, 2.05) is 7.05 Å². The maximum atomic E-state index is 13.9. The Morgan fingerprint density at radius 2 is 2.20 bits per heavy atom. The summed E-state index contributed by atoms with van der Waals surface area (Å²) in [6.07, 6.45) is 2.52. The number of aromatic nitrogens is 1. The summed E-state index contributed by atoms with van der Waals surface area (Å²) in [6.45, 7) is 2.95. The zero-order valence-corrected chi connectivity index (χ0v) is 13.2. The normalized spacial score (nSPS) is 11.0. The minimum atomic E-state index is -0.337. The van der Waals surface area contributed by atoms with E-state index < -0.39 is 0 Å². The standard InChI is InChI=1S/C15H18ClFN2S/c1-3-5-12-13(9-18-2)20-14(19-12)8-10-6-4-7-11(16)15(10)17/h4,6-7,18H,3,5,8-9H2,1-2H3. The van der Waals surface area contributed by atoms with E-state index in [0.29, 0.717) is 12.0 Å². The van der Waals surface area contributed by atoms with E-state index in [-0.39, 0.29) is 10.8 Å². The molecule has 0 amide bonds. The van der Waals surface area contributed by atoms with Crippen molar-refractivity contribution in [1.29, 1.82) is 0 Å². The quantitative estimate of drug-likeness (QED) is 0.864. The van der Waals surface area contributed by atoms with Crippen molar-refractivity contribution >= 4 is 22.9 Å². The average molecular weight is 313 g/mol. The Kier molecular flexibility index (Phi) is 5.52. The summed E-state index contributed by atoms with van der Waals surface area (Å²) in [6, 6.07) is 5.10. The van der Waals surface area contributed by atoms with Crippen LogP contribution >= 0.6 is 22.9 Å². The van der Waals surface area contributed by atoms with Gasteiger partial charge in [-0.25, -0.2) is 9.37 Å². The zero-order chi connectivity index (χ0) is 14.5. The van der Waals surface area contributed by atoms with Crippen molar-refractivity contribution in [3.05, 3.63) is 50.2 Å². The Labute approximate surface area is 128 Å². The SMILES string of the molecule is CCCc1nc(Cc2cccc(Cl)c2F)sc1CNC. The molecule has 20 heavy (non-hydrogen) atoms. The van der Waals surface area contributed by atoms with E-state index >= 15 is 0 Å². The Morgan fingerprint density at radius 1 is 1.40 bits per heavy atom. The van der Waals surface area contributed by atoms with Crippen molar-refractivity contribution < 1.29 is 4.39 Å². The number of thiazole rings is 1. The van der Waals surface area contributed by atoms with Crippen LogP contribution in [-0.4, -0.2) is 12.0 Å². The number of aryl methyl sites for hydroxylation is 1. The van der Waals surface area contributed by atoms with Crippen LogP contribution in [0.3, 0.4) is 0 Å². The predicted molar refractivity (Wildman–Crippen MR) is 83.1 cm³/mol. The lowest BCUT2D eigenvalue weighted by Gasteiger charge is -2.01. The second-order valence-electron chi connectivity index (χ2n) is 4.65. The lowest BCUT2D eigenvalue weighted by atomic mass is 10.1. The Bertz CT molecular complexity index is 560. The van der Waals surface area contributed by atoms with Crippen molar-refractivity contribution in [3.8, 4) is 0 Å². The van der Waals surface area contributed by atoms with Crippen LogP contribution in [0.2, 0.25) is 5.02 Å². The minimum absolute atomic E-state index is 0.170. The van der Waals surface area contributed by atoms with Crippen LogP contribution in [0.15, 0.2) is 18.2 Å². The van der Waals surface area contributed by atoms with E-state index in [1.54, 1.807) is 29.5 Å². The molecule has 1 aromatic carbocycles. The number of halogens is 2. The summed E-state index contributed by atoms with van der Waals surface area (Å²) in [5.74, 6) is -0.337. The van der Waals surface area contributed by atoms with Crippen molar-refractivity contribution in [2.45, 2.75) is 32.7 Å². The van der Waals surface area contributed by atoms with Gasteiger partial charge in [0, 0.05) is 17.8 Å².